The second kappa shape index (κ2) is 7.26. The maximum atomic E-state index is 11.6. The first-order chi connectivity index (χ1) is 9.24. The minimum Gasteiger partial charge on any atom is -0.467 e. The van der Waals surface area contributed by atoms with Gasteiger partial charge >= 0.3 is 0 Å². The van der Waals surface area contributed by atoms with Gasteiger partial charge in [-0.3, -0.25) is 4.79 Å². The number of carbonyl (C=O) groups excluding carboxylic acids is 1. The third kappa shape index (κ3) is 5.01. The second-order valence-corrected chi connectivity index (χ2v) is 5.51. The molecule has 1 aromatic heterocycles. The molecule has 0 unspecified atom stereocenters. The first kappa shape index (κ1) is 14.0. The molecule has 0 radical (unpaired) electrons. The zero-order valence-electron chi connectivity index (χ0n) is 10.3. The van der Waals surface area contributed by atoms with E-state index >= 15 is 0 Å². The fourth-order valence-corrected chi connectivity index (χ4v) is 2.46. The summed E-state index contributed by atoms with van der Waals surface area (Å²) in [4.78, 5) is 12.7. The maximum absolute atomic E-state index is 11.6. The Hall–Kier alpha value is -1.39. The summed E-state index contributed by atoms with van der Waals surface area (Å²) in [5.74, 6) is 1.53. The molecule has 1 N–H and O–H groups in total. The molecule has 1 amide bonds. The number of hydrogen-bond acceptors (Lipinski definition) is 3. The number of thioether (sulfide) groups is 1. The Labute approximate surface area is 121 Å². The molecule has 0 fully saturated rings. The molecule has 0 saturated heterocycles. The van der Waals surface area contributed by atoms with Gasteiger partial charge in [-0.2, -0.15) is 0 Å². The zero-order valence-corrected chi connectivity index (χ0v) is 11.8. The molecule has 0 aliphatic heterocycles. The Morgan fingerprint density at radius 3 is 2.74 bits per heavy atom. The summed E-state index contributed by atoms with van der Waals surface area (Å²) in [7, 11) is 0. The standard InChI is InChI=1S/C14H14ClNO2S/c15-11-3-5-13(6-4-11)19-9-7-14(17)16-10-12-2-1-8-18-12/h1-6,8H,7,9-10H2,(H,16,17). The highest BCUT2D eigenvalue weighted by molar-refractivity contribution is 7.99. The molecule has 19 heavy (non-hydrogen) atoms. The lowest BCUT2D eigenvalue weighted by Crippen LogP contribution is -2.22. The zero-order chi connectivity index (χ0) is 13.5. The normalized spacial score (nSPS) is 10.4. The van der Waals surface area contributed by atoms with E-state index in [0.29, 0.717) is 13.0 Å². The maximum Gasteiger partial charge on any atom is 0.221 e. The van der Waals surface area contributed by atoms with Crippen LogP contribution in [0.3, 0.4) is 0 Å². The number of halogens is 1. The van der Waals surface area contributed by atoms with Gasteiger partial charge in [0.15, 0.2) is 0 Å². The van der Waals surface area contributed by atoms with Crippen molar-refractivity contribution in [3.63, 3.8) is 0 Å². The van der Waals surface area contributed by atoms with Crippen molar-refractivity contribution in [3.8, 4) is 0 Å². The van der Waals surface area contributed by atoms with E-state index in [-0.39, 0.29) is 5.91 Å². The van der Waals surface area contributed by atoms with Crippen LogP contribution in [0.2, 0.25) is 5.02 Å². The van der Waals surface area contributed by atoms with E-state index in [1.54, 1.807) is 24.1 Å². The van der Waals surface area contributed by atoms with Crippen molar-refractivity contribution in [3.05, 3.63) is 53.4 Å². The SMILES string of the molecule is O=C(CCSc1ccc(Cl)cc1)NCc1ccco1. The number of carbonyl (C=O) groups is 1. The molecule has 5 heteroatoms. The third-order valence-corrected chi connectivity index (χ3v) is 3.72. The average Bonchev–Trinajstić information content (AvgIpc) is 2.92. The molecular weight excluding hydrogens is 282 g/mol. The van der Waals surface area contributed by atoms with E-state index in [1.165, 1.54) is 0 Å². The largest absolute Gasteiger partial charge is 0.467 e. The van der Waals surface area contributed by atoms with Gasteiger partial charge in [-0.25, -0.2) is 0 Å². The van der Waals surface area contributed by atoms with Gasteiger partial charge in [0.25, 0.3) is 0 Å². The predicted octanol–water partition coefficient (Wildman–Crippen LogP) is 3.73. The first-order valence-corrected chi connectivity index (χ1v) is 7.28. The van der Waals surface area contributed by atoms with Crippen molar-refractivity contribution in [1.29, 1.82) is 0 Å². The molecule has 3 nitrogen and oxygen atoms in total. The fourth-order valence-electron chi connectivity index (χ4n) is 1.48. The van der Waals surface area contributed by atoms with Crippen LogP contribution >= 0.6 is 23.4 Å². The van der Waals surface area contributed by atoms with Gasteiger partial charge in [0, 0.05) is 22.1 Å². The van der Waals surface area contributed by atoms with Crippen molar-refractivity contribution >= 4 is 29.3 Å². The first-order valence-electron chi connectivity index (χ1n) is 5.91. The highest BCUT2D eigenvalue weighted by Gasteiger charge is 2.03. The summed E-state index contributed by atoms with van der Waals surface area (Å²) in [5.41, 5.74) is 0. The minimum absolute atomic E-state index is 0.0258. The number of rotatable bonds is 6. The van der Waals surface area contributed by atoms with Gasteiger partial charge in [0.1, 0.15) is 5.76 Å². The summed E-state index contributed by atoms with van der Waals surface area (Å²) in [6, 6.07) is 11.2. The average molecular weight is 296 g/mol. The molecule has 0 atom stereocenters. The quantitative estimate of drug-likeness (QED) is 0.826. The summed E-state index contributed by atoms with van der Waals surface area (Å²) in [5, 5.41) is 3.54. The van der Waals surface area contributed by atoms with Crippen LogP contribution in [0, 0.1) is 0 Å². The number of furan rings is 1. The Bertz CT molecular complexity index is 511. The van der Waals surface area contributed by atoms with Crippen LogP contribution in [-0.4, -0.2) is 11.7 Å². The third-order valence-electron chi connectivity index (χ3n) is 2.45. The molecule has 2 rings (SSSR count). The number of benzene rings is 1. The van der Waals surface area contributed by atoms with Crippen LogP contribution in [0.15, 0.2) is 52.0 Å². The van der Waals surface area contributed by atoms with E-state index in [2.05, 4.69) is 5.32 Å². The van der Waals surface area contributed by atoms with Crippen molar-refractivity contribution < 1.29 is 9.21 Å². The van der Waals surface area contributed by atoms with Gasteiger partial charge in [-0.15, -0.1) is 11.8 Å². The highest BCUT2D eigenvalue weighted by Crippen LogP contribution is 2.20. The summed E-state index contributed by atoms with van der Waals surface area (Å²) >= 11 is 7.44. The topological polar surface area (TPSA) is 42.2 Å². The lowest BCUT2D eigenvalue weighted by molar-refractivity contribution is -0.120. The van der Waals surface area contributed by atoms with Crippen LogP contribution in [0.1, 0.15) is 12.2 Å². The summed E-state index contributed by atoms with van der Waals surface area (Å²) in [6.07, 6.45) is 2.08. The van der Waals surface area contributed by atoms with E-state index in [0.717, 1.165) is 21.4 Å². The van der Waals surface area contributed by atoms with Crippen LogP contribution in [0.5, 0.6) is 0 Å². The number of hydrogen-bond donors (Lipinski definition) is 1. The monoisotopic (exact) mass is 295 g/mol. The van der Waals surface area contributed by atoms with Gasteiger partial charge < -0.3 is 9.73 Å². The smallest absolute Gasteiger partial charge is 0.221 e. The Balaban J connectivity index is 1.65. The highest BCUT2D eigenvalue weighted by atomic mass is 35.5. The lowest BCUT2D eigenvalue weighted by Gasteiger charge is -2.03. The molecule has 1 heterocycles. The van der Waals surface area contributed by atoms with E-state index in [1.807, 2.05) is 30.3 Å². The molecule has 2 aromatic rings. The van der Waals surface area contributed by atoms with Crippen LogP contribution in [0.25, 0.3) is 0 Å². The van der Waals surface area contributed by atoms with Crippen LogP contribution in [-0.2, 0) is 11.3 Å². The van der Waals surface area contributed by atoms with Gasteiger partial charge in [-0.05, 0) is 36.4 Å². The van der Waals surface area contributed by atoms with Crippen molar-refractivity contribution in [1.82, 2.24) is 5.32 Å². The second-order valence-electron chi connectivity index (χ2n) is 3.91. The molecule has 0 aliphatic rings. The van der Waals surface area contributed by atoms with Gasteiger partial charge in [-0.1, -0.05) is 11.6 Å². The fraction of sp³-hybridized carbons (Fsp3) is 0.214. The Morgan fingerprint density at radius 2 is 2.05 bits per heavy atom. The summed E-state index contributed by atoms with van der Waals surface area (Å²) in [6.45, 7) is 0.442. The molecular formula is C14H14ClNO2S. The number of nitrogens with one attached hydrogen (secondary N) is 1. The lowest BCUT2D eigenvalue weighted by atomic mass is 10.4. The van der Waals surface area contributed by atoms with E-state index < -0.39 is 0 Å². The van der Waals surface area contributed by atoms with E-state index in [4.69, 9.17) is 16.0 Å². The van der Waals surface area contributed by atoms with Crippen molar-refractivity contribution in [2.24, 2.45) is 0 Å². The van der Waals surface area contributed by atoms with Crippen LogP contribution in [0.4, 0.5) is 0 Å². The molecule has 0 saturated carbocycles. The Kier molecular flexibility index (Phi) is 5.36. The van der Waals surface area contributed by atoms with Crippen molar-refractivity contribution in [2.45, 2.75) is 17.9 Å². The molecule has 100 valence electrons. The molecule has 1 aromatic carbocycles. The number of amides is 1. The van der Waals surface area contributed by atoms with Crippen molar-refractivity contribution in [2.75, 3.05) is 5.75 Å². The van der Waals surface area contributed by atoms with Crippen LogP contribution < -0.4 is 5.32 Å². The Morgan fingerprint density at radius 1 is 1.26 bits per heavy atom. The molecule has 0 bridgehead atoms. The molecule has 0 spiro atoms. The van der Waals surface area contributed by atoms with Gasteiger partial charge in [0.05, 0.1) is 12.8 Å². The van der Waals surface area contributed by atoms with E-state index in [9.17, 15) is 4.79 Å². The predicted molar refractivity (Wildman–Crippen MR) is 77.3 cm³/mol. The minimum atomic E-state index is 0.0258. The summed E-state index contributed by atoms with van der Waals surface area (Å²) < 4.78 is 5.14. The van der Waals surface area contributed by atoms with Gasteiger partial charge in [0.2, 0.25) is 5.91 Å². The molecule has 0 aliphatic carbocycles.